The summed E-state index contributed by atoms with van der Waals surface area (Å²) in [5.41, 5.74) is -12.5. The number of alkyl halides is 6. The third-order valence-corrected chi connectivity index (χ3v) is 6.91. The van der Waals surface area contributed by atoms with Gasteiger partial charge in [0.1, 0.15) is 6.10 Å². The van der Waals surface area contributed by atoms with Gasteiger partial charge < -0.3 is 9.47 Å². The molecule has 0 fully saturated rings. The quantitative estimate of drug-likeness (QED) is 0.515. The van der Waals surface area contributed by atoms with E-state index in [1.54, 1.807) is 0 Å². The second-order valence-electron chi connectivity index (χ2n) is 4.03. The summed E-state index contributed by atoms with van der Waals surface area (Å²) in [5.74, 6) is 0. The molecule has 0 heterocycles. The second kappa shape index (κ2) is 6.70. The highest BCUT2D eigenvalue weighted by molar-refractivity contribution is 8.09. The van der Waals surface area contributed by atoms with Gasteiger partial charge in [0, 0.05) is 6.42 Å². The Labute approximate surface area is 126 Å². The Morgan fingerprint density at radius 1 is 0.957 bits per heavy atom. The number of methoxy groups -OCH3 is 1. The van der Waals surface area contributed by atoms with E-state index in [1.165, 1.54) is 0 Å². The van der Waals surface area contributed by atoms with E-state index in [2.05, 4.69) is 9.47 Å². The summed E-state index contributed by atoms with van der Waals surface area (Å²) in [6.07, 6.45) is -5.27. The highest BCUT2D eigenvalue weighted by atomic mass is 32.3. The normalized spacial score (nSPS) is 15.3. The molecule has 23 heavy (non-hydrogen) atoms. The average Bonchev–Trinajstić information content (AvgIpc) is 2.32. The van der Waals surface area contributed by atoms with Gasteiger partial charge in [0.05, 0.1) is 7.11 Å². The van der Waals surface area contributed by atoms with Gasteiger partial charge in [-0.25, -0.2) is 21.6 Å². The fourth-order valence-corrected chi connectivity index (χ4v) is 4.88. The molecule has 0 aliphatic carbocycles. The van der Waals surface area contributed by atoms with Gasteiger partial charge in [0.2, 0.25) is 0 Å². The van der Waals surface area contributed by atoms with Crippen molar-refractivity contribution in [2.75, 3.05) is 7.11 Å². The molecule has 0 saturated carbocycles. The molecule has 138 valence electrons. The van der Waals surface area contributed by atoms with Gasteiger partial charge in [0.15, 0.2) is 4.58 Å². The second-order valence-corrected chi connectivity index (χ2v) is 8.57. The van der Waals surface area contributed by atoms with E-state index in [4.69, 9.17) is 0 Å². The van der Waals surface area contributed by atoms with E-state index in [9.17, 15) is 48.0 Å². The largest absolute Gasteiger partial charge is 0.508 e. The zero-order valence-corrected chi connectivity index (χ0v) is 12.9. The molecule has 0 bridgehead atoms. The van der Waals surface area contributed by atoms with Crippen molar-refractivity contribution < 1.29 is 57.4 Å². The van der Waals surface area contributed by atoms with Gasteiger partial charge >= 0.3 is 17.2 Å². The first-order valence-electron chi connectivity index (χ1n) is 5.33. The highest BCUT2D eigenvalue weighted by Crippen LogP contribution is 2.38. The molecular weight excluding hydrogens is 386 g/mol. The van der Waals surface area contributed by atoms with Crippen LogP contribution < -0.4 is 0 Å². The molecule has 0 amide bonds. The van der Waals surface area contributed by atoms with Crippen LogP contribution in [0.25, 0.3) is 0 Å². The number of hydrogen-bond acceptors (Lipinski definition) is 7. The topological polar surface area (TPSA) is 104 Å². The molecule has 0 radical (unpaired) electrons. The minimum atomic E-state index is -6.76. The van der Waals surface area contributed by atoms with E-state index >= 15 is 0 Å². The lowest BCUT2D eigenvalue weighted by molar-refractivity contribution is -0.0477. The van der Waals surface area contributed by atoms with Crippen molar-refractivity contribution in [3.05, 3.63) is 0 Å². The summed E-state index contributed by atoms with van der Waals surface area (Å²) >= 11 is 0. The molecule has 1 unspecified atom stereocenters. The summed E-state index contributed by atoms with van der Waals surface area (Å²) in [6, 6.07) is 0. The maximum absolute atomic E-state index is 12.4. The fraction of sp³-hybridized carbons (Fsp3) is 0.875. The zero-order valence-electron chi connectivity index (χ0n) is 11.3. The van der Waals surface area contributed by atoms with Crippen molar-refractivity contribution in [1.82, 2.24) is 0 Å². The van der Waals surface area contributed by atoms with E-state index in [0.29, 0.717) is 6.92 Å². The smallest absolute Gasteiger partial charge is 0.438 e. The molecule has 0 aliphatic rings. The minimum absolute atomic E-state index is 0.696. The van der Waals surface area contributed by atoms with E-state index < -0.39 is 54.0 Å². The Morgan fingerprint density at radius 2 is 1.30 bits per heavy atom. The number of sulfone groups is 2. The van der Waals surface area contributed by atoms with Crippen LogP contribution in [0.15, 0.2) is 0 Å². The molecule has 0 N–H and O–H groups in total. The van der Waals surface area contributed by atoms with Gasteiger partial charge in [-0.2, -0.15) is 26.3 Å². The molecule has 15 heteroatoms. The van der Waals surface area contributed by atoms with Crippen LogP contribution in [0.4, 0.5) is 31.1 Å². The van der Waals surface area contributed by atoms with Crippen LogP contribution in [0.3, 0.4) is 0 Å². The van der Waals surface area contributed by atoms with Crippen LogP contribution >= 0.6 is 0 Å². The molecule has 1 atom stereocenters. The summed E-state index contributed by atoms with van der Waals surface area (Å²) in [5, 5.41) is 0. The number of rotatable bonds is 5. The third kappa shape index (κ3) is 4.86. The molecule has 0 aromatic carbocycles. The molecule has 0 aromatic heterocycles. The van der Waals surface area contributed by atoms with Crippen molar-refractivity contribution in [2.45, 2.75) is 35.0 Å². The predicted molar refractivity (Wildman–Crippen MR) is 61.3 cm³/mol. The Hall–Kier alpha value is -1.25. The van der Waals surface area contributed by atoms with Crippen LogP contribution in [0.5, 0.6) is 0 Å². The lowest BCUT2D eigenvalue weighted by Crippen LogP contribution is -2.46. The predicted octanol–water partition coefficient (Wildman–Crippen LogP) is 1.74. The maximum atomic E-state index is 12.4. The lowest BCUT2D eigenvalue weighted by Gasteiger charge is -2.23. The van der Waals surface area contributed by atoms with Gasteiger partial charge in [-0.05, 0) is 6.92 Å². The Bertz CT molecular complexity index is 589. The average molecular weight is 396 g/mol. The summed E-state index contributed by atoms with van der Waals surface area (Å²) in [6.45, 7) is 0.696. The van der Waals surface area contributed by atoms with Gasteiger partial charge in [-0.3, -0.25) is 0 Å². The van der Waals surface area contributed by atoms with Crippen molar-refractivity contribution in [1.29, 1.82) is 0 Å². The first-order chi connectivity index (χ1) is 9.98. The zero-order chi connectivity index (χ0) is 18.9. The van der Waals surface area contributed by atoms with Crippen LogP contribution in [0.2, 0.25) is 0 Å². The molecule has 0 rings (SSSR count). The Kier molecular flexibility index (Phi) is 6.34. The number of ether oxygens (including phenoxy) is 2. The Balaban J connectivity index is 5.94. The number of carbonyl (C=O) groups is 1. The van der Waals surface area contributed by atoms with Crippen molar-refractivity contribution >= 4 is 25.8 Å². The number of halogens is 6. The van der Waals surface area contributed by atoms with Crippen molar-refractivity contribution in [3.8, 4) is 0 Å². The fourth-order valence-electron chi connectivity index (χ4n) is 1.25. The monoisotopic (exact) mass is 396 g/mol. The van der Waals surface area contributed by atoms with Crippen LogP contribution in [0.1, 0.15) is 13.3 Å². The molecule has 7 nitrogen and oxygen atoms in total. The summed E-state index contributed by atoms with van der Waals surface area (Å²) in [4.78, 5) is 10.7. The summed E-state index contributed by atoms with van der Waals surface area (Å²) in [7, 11) is -12.8. The first-order valence-corrected chi connectivity index (χ1v) is 8.42. The van der Waals surface area contributed by atoms with Gasteiger partial charge in [-0.1, -0.05) is 0 Å². The number of carbonyl (C=O) groups excluding carboxylic acids is 1. The Morgan fingerprint density at radius 3 is 1.57 bits per heavy atom. The lowest BCUT2D eigenvalue weighted by atomic mass is 10.3. The van der Waals surface area contributed by atoms with Crippen molar-refractivity contribution in [2.24, 2.45) is 0 Å². The third-order valence-electron chi connectivity index (χ3n) is 2.33. The van der Waals surface area contributed by atoms with E-state index in [-0.39, 0.29) is 0 Å². The first kappa shape index (κ1) is 21.8. The highest BCUT2D eigenvalue weighted by Gasteiger charge is 2.63. The molecule has 0 aromatic rings. The van der Waals surface area contributed by atoms with Crippen LogP contribution in [0, 0.1) is 0 Å². The van der Waals surface area contributed by atoms with Gasteiger partial charge in [0.25, 0.3) is 19.7 Å². The molecular formula is C8H10F6O7S2. The van der Waals surface area contributed by atoms with Crippen LogP contribution in [-0.2, 0) is 29.1 Å². The maximum Gasteiger partial charge on any atom is 0.508 e. The molecule has 0 spiro atoms. The SMILES string of the molecule is COC(=O)OC(C)CC(S(=O)(=O)C(F)(F)F)S(=O)(=O)C(F)(F)F. The van der Waals surface area contributed by atoms with E-state index in [0.717, 1.165) is 7.11 Å². The van der Waals surface area contributed by atoms with Crippen molar-refractivity contribution in [3.63, 3.8) is 0 Å². The minimum Gasteiger partial charge on any atom is -0.438 e. The standard InChI is InChI=1S/C8H10F6O7S2/c1-4(21-6(15)20-2)3-5(22(16,17)7(9,10)11)23(18,19)8(12,13)14/h4-5H,3H2,1-2H3. The summed E-state index contributed by atoms with van der Waals surface area (Å²) < 4.78 is 123. The molecule has 0 aliphatic heterocycles. The van der Waals surface area contributed by atoms with Crippen LogP contribution in [-0.4, -0.2) is 51.8 Å². The number of hydrogen-bond donors (Lipinski definition) is 0. The van der Waals surface area contributed by atoms with Gasteiger partial charge in [-0.15, -0.1) is 0 Å². The van der Waals surface area contributed by atoms with E-state index in [1.807, 2.05) is 0 Å². The molecule has 0 saturated heterocycles.